The number of benzene rings is 1. The zero-order chi connectivity index (χ0) is 25.7. The van der Waals surface area contributed by atoms with Crippen LogP contribution in [0.2, 0.25) is 0 Å². The number of hydrogen-bond acceptors (Lipinski definition) is 7. The molecule has 4 N–H and O–H groups in total. The van der Waals surface area contributed by atoms with E-state index >= 15 is 4.39 Å². The largest absolute Gasteiger partial charge is 0.373 e. The number of aliphatic hydroxyl groups is 1. The molecule has 0 aliphatic rings. The summed E-state index contributed by atoms with van der Waals surface area (Å²) in [5, 5.41) is 23.3. The van der Waals surface area contributed by atoms with Crippen LogP contribution in [0.3, 0.4) is 0 Å². The normalized spacial score (nSPS) is 12.9. The van der Waals surface area contributed by atoms with Crippen molar-refractivity contribution in [3.05, 3.63) is 66.2 Å². The molecule has 0 aliphatic heterocycles. The van der Waals surface area contributed by atoms with Crippen molar-refractivity contribution in [1.29, 1.82) is 0 Å². The lowest BCUT2D eigenvalue weighted by atomic mass is 9.94. The fraction of sp³-hybridized carbons (Fsp3) is 0.185. The maximum atomic E-state index is 15.2. The van der Waals surface area contributed by atoms with Crippen molar-refractivity contribution in [2.45, 2.75) is 27.0 Å². The Labute approximate surface area is 215 Å². The number of thiophene rings is 1. The standard InChI is InChI=1S/C27H24FN7OS/c1-27(2,3)26(36)31-16-9-15(12-29-13-16)14-10-17-21(18(28)11-14)34-35-22(17)25-32-19-6-7-30-24(23(19)33-25)20-5-4-8-37-20/h4-13,26,31,36H,1-3H3,(H,32,33)(H,34,35). The average molecular weight is 514 g/mol. The number of aromatic nitrogens is 6. The number of H-pyrrole nitrogens is 2. The number of rotatable bonds is 5. The van der Waals surface area contributed by atoms with Gasteiger partial charge in [-0.1, -0.05) is 26.8 Å². The summed E-state index contributed by atoms with van der Waals surface area (Å²) in [7, 11) is 0. The maximum absolute atomic E-state index is 15.2. The molecule has 0 saturated carbocycles. The number of aliphatic hydroxyl groups excluding tert-OH is 1. The number of hydrogen-bond donors (Lipinski definition) is 4. The predicted octanol–water partition coefficient (Wildman–Crippen LogP) is 6.21. The summed E-state index contributed by atoms with van der Waals surface area (Å²) in [5.74, 6) is 0.0850. The molecule has 186 valence electrons. The highest BCUT2D eigenvalue weighted by molar-refractivity contribution is 7.13. The fourth-order valence-electron chi connectivity index (χ4n) is 4.12. The first kappa shape index (κ1) is 23.3. The topological polar surface area (TPSA) is 115 Å². The molecule has 0 fully saturated rings. The van der Waals surface area contributed by atoms with E-state index in [-0.39, 0.29) is 10.9 Å². The molecule has 5 heterocycles. The Hall–Kier alpha value is -4.15. The van der Waals surface area contributed by atoms with Crippen LogP contribution < -0.4 is 5.32 Å². The molecular weight excluding hydrogens is 489 g/mol. The number of halogens is 1. The van der Waals surface area contributed by atoms with Gasteiger partial charge in [0.05, 0.1) is 22.3 Å². The molecular formula is C27H24FN7OS. The molecule has 6 rings (SSSR count). The second-order valence-electron chi connectivity index (χ2n) is 9.95. The zero-order valence-corrected chi connectivity index (χ0v) is 21.2. The Morgan fingerprint density at radius 1 is 1.08 bits per heavy atom. The Morgan fingerprint density at radius 3 is 2.73 bits per heavy atom. The van der Waals surface area contributed by atoms with Crippen molar-refractivity contribution in [3.63, 3.8) is 0 Å². The van der Waals surface area contributed by atoms with E-state index in [4.69, 9.17) is 4.98 Å². The summed E-state index contributed by atoms with van der Waals surface area (Å²) in [4.78, 5) is 18.0. The molecule has 10 heteroatoms. The van der Waals surface area contributed by atoms with Crippen LogP contribution in [0.5, 0.6) is 0 Å². The van der Waals surface area contributed by atoms with Gasteiger partial charge in [0.15, 0.2) is 11.6 Å². The number of nitrogens with zero attached hydrogens (tertiary/aromatic N) is 4. The van der Waals surface area contributed by atoms with Crippen LogP contribution in [0.15, 0.2) is 60.4 Å². The first-order valence-electron chi connectivity index (χ1n) is 11.7. The fourth-order valence-corrected chi connectivity index (χ4v) is 4.84. The van der Waals surface area contributed by atoms with Gasteiger partial charge in [-0.15, -0.1) is 11.3 Å². The summed E-state index contributed by atoms with van der Waals surface area (Å²) in [5.41, 5.74) is 4.76. The van der Waals surface area contributed by atoms with Gasteiger partial charge in [-0.3, -0.25) is 15.1 Å². The van der Waals surface area contributed by atoms with Gasteiger partial charge in [0, 0.05) is 28.8 Å². The SMILES string of the molecule is CC(C)(C)C(O)Nc1cncc(-c2cc(F)c3n[nH]c(-c4nc5c(-c6cccs6)nccc5[nH]4)c3c2)c1. The first-order valence-corrected chi connectivity index (χ1v) is 12.6. The van der Waals surface area contributed by atoms with E-state index < -0.39 is 12.0 Å². The van der Waals surface area contributed by atoms with Crippen LogP contribution in [0.1, 0.15) is 20.8 Å². The van der Waals surface area contributed by atoms with Gasteiger partial charge in [-0.25, -0.2) is 9.37 Å². The van der Waals surface area contributed by atoms with E-state index in [1.807, 2.05) is 56.5 Å². The summed E-state index contributed by atoms with van der Waals surface area (Å²) in [6.45, 7) is 5.80. The van der Waals surface area contributed by atoms with Crippen molar-refractivity contribution >= 4 is 39.0 Å². The minimum Gasteiger partial charge on any atom is -0.373 e. The average Bonchev–Trinajstić information content (AvgIpc) is 3.62. The summed E-state index contributed by atoms with van der Waals surface area (Å²) in [6, 6.07) is 11.0. The van der Waals surface area contributed by atoms with Crippen molar-refractivity contribution in [1.82, 2.24) is 30.1 Å². The molecule has 1 unspecified atom stereocenters. The van der Waals surface area contributed by atoms with Crippen LogP contribution in [0, 0.1) is 11.2 Å². The zero-order valence-electron chi connectivity index (χ0n) is 20.4. The van der Waals surface area contributed by atoms with Gasteiger partial charge < -0.3 is 15.4 Å². The summed E-state index contributed by atoms with van der Waals surface area (Å²) >= 11 is 1.59. The van der Waals surface area contributed by atoms with Crippen molar-refractivity contribution in [2.75, 3.05) is 5.32 Å². The van der Waals surface area contributed by atoms with Gasteiger partial charge in [-0.05, 0) is 41.3 Å². The summed E-state index contributed by atoms with van der Waals surface area (Å²) < 4.78 is 15.2. The van der Waals surface area contributed by atoms with E-state index in [1.54, 1.807) is 29.9 Å². The lowest BCUT2D eigenvalue weighted by Gasteiger charge is -2.27. The quantitative estimate of drug-likeness (QED) is 0.204. The molecule has 0 bridgehead atoms. The van der Waals surface area contributed by atoms with Crippen LogP contribution in [0.4, 0.5) is 10.1 Å². The van der Waals surface area contributed by atoms with E-state index in [0.717, 1.165) is 21.6 Å². The van der Waals surface area contributed by atoms with Gasteiger partial charge in [-0.2, -0.15) is 5.10 Å². The van der Waals surface area contributed by atoms with Gasteiger partial charge in [0.2, 0.25) is 0 Å². The highest BCUT2D eigenvalue weighted by Gasteiger charge is 2.22. The third-order valence-electron chi connectivity index (χ3n) is 6.20. The van der Waals surface area contributed by atoms with E-state index in [9.17, 15) is 5.11 Å². The van der Waals surface area contributed by atoms with Gasteiger partial charge in [0.1, 0.15) is 28.6 Å². The van der Waals surface area contributed by atoms with Crippen molar-refractivity contribution in [2.24, 2.45) is 5.41 Å². The molecule has 6 aromatic rings. The van der Waals surface area contributed by atoms with Crippen LogP contribution >= 0.6 is 11.3 Å². The second-order valence-corrected chi connectivity index (χ2v) is 10.9. The molecule has 0 radical (unpaired) electrons. The molecule has 0 aliphatic carbocycles. The highest BCUT2D eigenvalue weighted by Crippen LogP contribution is 2.35. The van der Waals surface area contributed by atoms with E-state index in [0.29, 0.717) is 33.7 Å². The van der Waals surface area contributed by atoms with Gasteiger partial charge >= 0.3 is 0 Å². The van der Waals surface area contributed by atoms with Crippen LogP contribution in [-0.2, 0) is 0 Å². The first-order chi connectivity index (χ1) is 17.8. The van der Waals surface area contributed by atoms with Crippen molar-refractivity contribution < 1.29 is 9.50 Å². The molecule has 0 amide bonds. The third kappa shape index (κ3) is 4.24. The van der Waals surface area contributed by atoms with Gasteiger partial charge in [0.25, 0.3) is 0 Å². The molecule has 1 aromatic carbocycles. The van der Waals surface area contributed by atoms with Crippen molar-refractivity contribution in [3.8, 4) is 33.2 Å². The summed E-state index contributed by atoms with van der Waals surface area (Å²) in [6.07, 6.45) is 4.26. The highest BCUT2D eigenvalue weighted by atomic mass is 32.1. The Morgan fingerprint density at radius 2 is 1.95 bits per heavy atom. The number of anilines is 1. The van der Waals surface area contributed by atoms with E-state index in [2.05, 4.69) is 30.5 Å². The minimum absolute atomic E-state index is 0.223. The lowest BCUT2D eigenvalue weighted by Crippen LogP contribution is -2.33. The minimum atomic E-state index is -0.772. The number of pyridine rings is 2. The predicted molar refractivity (Wildman–Crippen MR) is 145 cm³/mol. The maximum Gasteiger partial charge on any atom is 0.157 e. The number of imidazole rings is 1. The lowest BCUT2D eigenvalue weighted by molar-refractivity contribution is 0.0880. The molecule has 5 aromatic heterocycles. The number of fused-ring (bicyclic) bond motifs is 2. The molecule has 8 nitrogen and oxygen atoms in total. The smallest absolute Gasteiger partial charge is 0.157 e. The van der Waals surface area contributed by atoms with Crippen LogP contribution in [0.25, 0.3) is 55.2 Å². The van der Waals surface area contributed by atoms with Crippen LogP contribution in [-0.4, -0.2) is 41.5 Å². The Bertz CT molecular complexity index is 1730. The molecule has 37 heavy (non-hydrogen) atoms. The molecule has 0 saturated heterocycles. The van der Waals surface area contributed by atoms with E-state index in [1.165, 1.54) is 6.07 Å². The second kappa shape index (κ2) is 8.75. The molecule has 0 spiro atoms. The monoisotopic (exact) mass is 513 g/mol. The third-order valence-corrected chi connectivity index (χ3v) is 7.08. The Balaban J connectivity index is 1.43. The molecule has 1 atom stereocenters. The Kier molecular flexibility index (Phi) is 5.50. The number of aromatic amines is 2. The number of nitrogens with one attached hydrogen (secondary N) is 3.